The lowest BCUT2D eigenvalue weighted by Crippen LogP contribution is -2.35. The molecule has 0 aromatic heterocycles. The molecule has 2 aliphatic carbocycles. The van der Waals surface area contributed by atoms with Crippen LogP contribution < -0.4 is 5.73 Å². The molecule has 0 bridgehead atoms. The summed E-state index contributed by atoms with van der Waals surface area (Å²) in [5.74, 6) is 0.607. The molecule has 1 aromatic rings. The number of sulfonamides is 1. The molecule has 2 aliphatic rings. The van der Waals surface area contributed by atoms with Gasteiger partial charge in [0.25, 0.3) is 0 Å². The number of hydrogen-bond acceptors (Lipinski definition) is 3. The maximum absolute atomic E-state index is 12.7. The van der Waals surface area contributed by atoms with Crippen LogP contribution in [0.15, 0.2) is 24.3 Å². The van der Waals surface area contributed by atoms with Crippen molar-refractivity contribution in [3.63, 3.8) is 0 Å². The van der Waals surface area contributed by atoms with Crippen LogP contribution in [0.25, 0.3) is 0 Å². The minimum Gasteiger partial charge on any atom is -0.389 e. The third kappa shape index (κ3) is 3.81. The fourth-order valence-corrected chi connectivity index (χ4v) is 4.51. The number of thiocarbonyl (C=S) groups is 1. The number of nitrogens with two attached hydrogens (primary N) is 1. The highest BCUT2D eigenvalue weighted by molar-refractivity contribution is 7.88. The molecule has 3 rings (SSSR count). The molecule has 21 heavy (non-hydrogen) atoms. The van der Waals surface area contributed by atoms with Crippen molar-refractivity contribution in [1.29, 1.82) is 0 Å². The third-order valence-corrected chi connectivity index (χ3v) is 6.10. The molecule has 0 amide bonds. The molecule has 0 radical (unpaired) electrons. The first-order valence-corrected chi connectivity index (χ1v) is 9.36. The largest absolute Gasteiger partial charge is 0.389 e. The summed E-state index contributed by atoms with van der Waals surface area (Å²) in [7, 11) is -3.26. The van der Waals surface area contributed by atoms with E-state index < -0.39 is 10.0 Å². The minimum absolute atomic E-state index is 0.0344. The lowest BCUT2D eigenvalue weighted by Gasteiger charge is -2.22. The first kappa shape index (κ1) is 14.9. The van der Waals surface area contributed by atoms with Crippen molar-refractivity contribution >= 4 is 27.2 Å². The summed E-state index contributed by atoms with van der Waals surface area (Å²) in [5.41, 5.74) is 7.08. The topological polar surface area (TPSA) is 63.4 Å². The van der Waals surface area contributed by atoms with E-state index in [0.717, 1.165) is 36.8 Å². The Labute approximate surface area is 131 Å². The van der Waals surface area contributed by atoms with Gasteiger partial charge in [0.05, 0.1) is 5.75 Å². The summed E-state index contributed by atoms with van der Waals surface area (Å²) in [6, 6.07) is 7.45. The summed E-state index contributed by atoms with van der Waals surface area (Å²) in [6.07, 6.45) is 4.32. The van der Waals surface area contributed by atoms with E-state index >= 15 is 0 Å². The Hall–Kier alpha value is -0.980. The van der Waals surface area contributed by atoms with E-state index in [1.54, 1.807) is 16.4 Å². The molecule has 2 fully saturated rings. The van der Waals surface area contributed by atoms with Gasteiger partial charge in [-0.15, -0.1) is 0 Å². The molecule has 1 aromatic carbocycles. The molecule has 114 valence electrons. The van der Waals surface area contributed by atoms with Crippen LogP contribution in [0.3, 0.4) is 0 Å². The Morgan fingerprint density at radius 3 is 2.57 bits per heavy atom. The summed E-state index contributed by atoms with van der Waals surface area (Å²) >= 11 is 4.95. The Morgan fingerprint density at radius 2 is 2.00 bits per heavy atom. The van der Waals surface area contributed by atoms with E-state index in [9.17, 15) is 8.42 Å². The predicted octanol–water partition coefficient (Wildman–Crippen LogP) is 2.03. The molecular formula is C15H20N2O2S2. The van der Waals surface area contributed by atoms with Gasteiger partial charge in [0.2, 0.25) is 10.0 Å². The van der Waals surface area contributed by atoms with Crippen LogP contribution in [0, 0.1) is 5.92 Å². The molecular weight excluding hydrogens is 304 g/mol. The number of rotatable bonds is 7. The standard InChI is InChI=1S/C15H20N2O2S2/c16-15(20)13-3-1-2-12(8-13)10-21(18,19)17(14-6-7-14)9-11-4-5-11/h1-3,8,11,14H,4-7,9-10H2,(H2,16,20). The van der Waals surface area contributed by atoms with Crippen LogP contribution in [-0.4, -0.2) is 30.3 Å². The second-order valence-corrected chi connectivity index (χ2v) is 8.43. The third-order valence-electron chi connectivity index (χ3n) is 4.01. The van der Waals surface area contributed by atoms with Gasteiger partial charge in [-0.1, -0.05) is 30.4 Å². The van der Waals surface area contributed by atoms with Gasteiger partial charge in [-0.05, 0) is 43.2 Å². The van der Waals surface area contributed by atoms with Gasteiger partial charge in [0.15, 0.2) is 0 Å². The van der Waals surface area contributed by atoms with Gasteiger partial charge in [-0.2, -0.15) is 4.31 Å². The molecule has 2 saturated carbocycles. The molecule has 6 heteroatoms. The number of nitrogens with zero attached hydrogens (tertiary/aromatic N) is 1. The second-order valence-electron chi connectivity index (χ2n) is 6.07. The zero-order valence-corrected chi connectivity index (χ0v) is 13.5. The Morgan fingerprint density at radius 1 is 1.29 bits per heavy atom. The van der Waals surface area contributed by atoms with Crippen molar-refractivity contribution in [2.45, 2.75) is 37.5 Å². The van der Waals surface area contributed by atoms with Crippen LogP contribution >= 0.6 is 12.2 Å². The highest BCUT2D eigenvalue weighted by atomic mass is 32.2. The Bertz CT molecular complexity index is 649. The van der Waals surface area contributed by atoms with E-state index in [2.05, 4.69) is 0 Å². The van der Waals surface area contributed by atoms with Gasteiger partial charge >= 0.3 is 0 Å². The molecule has 0 unspecified atom stereocenters. The lowest BCUT2D eigenvalue weighted by atomic mass is 10.1. The summed E-state index contributed by atoms with van der Waals surface area (Å²) in [5, 5.41) is 0. The maximum Gasteiger partial charge on any atom is 0.218 e. The van der Waals surface area contributed by atoms with Gasteiger partial charge < -0.3 is 5.73 Å². The van der Waals surface area contributed by atoms with E-state index in [1.807, 2.05) is 12.1 Å². The van der Waals surface area contributed by atoms with E-state index in [-0.39, 0.29) is 11.8 Å². The van der Waals surface area contributed by atoms with Crippen molar-refractivity contribution < 1.29 is 8.42 Å². The van der Waals surface area contributed by atoms with Crippen molar-refractivity contribution in [1.82, 2.24) is 4.31 Å². The van der Waals surface area contributed by atoms with Crippen LogP contribution in [0.2, 0.25) is 0 Å². The zero-order chi connectivity index (χ0) is 15.0. The molecule has 0 heterocycles. The molecule has 0 aliphatic heterocycles. The fraction of sp³-hybridized carbons (Fsp3) is 0.533. The average molecular weight is 324 g/mol. The maximum atomic E-state index is 12.7. The van der Waals surface area contributed by atoms with Gasteiger partial charge in [0, 0.05) is 18.2 Å². The van der Waals surface area contributed by atoms with Gasteiger partial charge in [-0.3, -0.25) is 0 Å². The van der Waals surface area contributed by atoms with Crippen molar-refractivity contribution in [3.05, 3.63) is 35.4 Å². The summed E-state index contributed by atoms with van der Waals surface area (Å²) in [4.78, 5) is 0.297. The van der Waals surface area contributed by atoms with Crippen LogP contribution in [0.4, 0.5) is 0 Å². The van der Waals surface area contributed by atoms with Gasteiger partial charge in [0.1, 0.15) is 4.99 Å². The average Bonchev–Trinajstić information content (AvgIpc) is 3.28. The van der Waals surface area contributed by atoms with Crippen LogP contribution in [0.5, 0.6) is 0 Å². The Balaban J connectivity index is 1.77. The molecule has 2 N–H and O–H groups in total. The first-order chi connectivity index (χ1) is 9.95. The van der Waals surface area contributed by atoms with Crippen molar-refractivity contribution in [2.75, 3.05) is 6.54 Å². The van der Waals surface area contributed by atoms with E-state index in [0.29, 0.717) is 17.5 Å². The monoisotopic (exact) mass is 324 g/mol. The SMILES string of the molecule is NC(=S)c1cccc(CS(=O)(=O)N(CC2CC2)C2CC2)c1. The highest BCUT2D eigenvalue weighted by Crippen LogP contribution is 2.37. The van der Waals surface area contributed by atoms with Crippen LogP contribution in [0.1, 0.15) is 36.8 Å². The molecule has 0 atom stereocenters. The Kier molecular flexibility index (Phi) is 4.03. The molecule has 4 nitrogen and oxygen atoms in total. The van der Waals surface area contributed by atoms with Crippen molar-refractivity contribution in [2.24, 2.45) is 11.7 Å². The second kappa shape index (κ2) is 5.66. The summed E-state index contributed by atoms with van der Waals surface area (Å²) in [6.45, 7) is 0.696. The zero-order valence-electron chi connectivity index (χ0n) is 11.9. The molecule has 0 spiro atoms. The van der Waals surface area contributed by atoms with E-state index in [1.165, 1.54) is 0 Å². The highest BCUT2D eigenvalue weighted by Gasteiger charge is 2.40. The lowest BCUT2D eigenvalue weighted by molar-refractivity contribution is 0.388. The normalized spacial score (nSPS) is 18.9. The number of hydrogen-bond donors (Lipinski definition) is 1. The molecule has 0 saturated heterocycles. The smallest absolute Gasteiger partial charge is 0.218 e. The summed E-state index contributed by atoms with van der Waals surface area (Å²) < 4.78 is 27.1. The first-order valence-electron chi connectivity index (χ1n) is 7.34. The minimum atomic E-state index is -3.26. The van der Waals surface area contributed by atoms with Gasteiger partial charge in [-0.25, -0.2) is 8.42 Å². The quantitative estimate of drug-likeness (QED) is 0.780. The van der Waals surface area contributed by atoms with E-state index in [4.69, 9.17) is 18.0 Å². The predicted molar refractivity (Wildman–Crippen MR) is 87.4 cm³/mol. The number of benzene rings is 1. The fourth-order valence-electron chi connectivity index (χ4n) is 2.52. The van der Waals surface area contributed by atoms with Crippen LogP contribution in [-0.2, 0) is 15.8 Å². The van der Waals surface area contributed by atoms with Crippen molar-refractivity contribution in [3.8, 4) is 0 Å².